The van der Waals surface area contributed by atoms with E-state index < -0.39 is 0 Å². The van der Waals surface area contributed by atoms with Gasteiger partial charge in [-0.05, 0) is 54.3 Å². The van der Waals surface area contributed by atoms with E-state index in [-0.39, 0.29) is 17.4 Å². The van der Waals surface area contributed by atoms with Crippen molar-refractivity contribution in [3.63, 3.8) is 0 Å². The molecule has 0 spiro atoms. The summed E-state index contributed by atoms with van der Waals surface area (Å²) in [5.74, 6) is 0.275. The molecule has 0 aliphatic carbocycles. The maximum atomic E-state index is 14.5. The Kier molecular flexibility index (Phi) is 5.11. The Bertz CT molecular complexity index is 746. The molecule has 0 saturated carbocycles. The molecule has 2 aromatic rings. The number of halogens is 1. The Labute approximate surface area is 141 Å². The van der Waals surface area contributed by atoms with Gasteiger partial charge in [0.15, 0.2) is 0 Å². The first-order valence-corrected chi connectivity index (χ1v) is 8.11. The number of amides is 1. The minimum Gasteiger partial charge on any atom is -0.497 e. The molecular weight excluding hydrogens is 307 g/mol. The lowest BCUT2D eigenvalue weighted by Crippen LogP contribution is -2.25. The minimum atomic E-state index is -0.302. The average molecular weight is 328 g/mol. The number of methoxy groups -OCH3 is 1. The number of carbonyl (C=O) groups excluding carboxylic acids is 1. The summed E-state index contributed by atoms with van der Waals surface area (Å²) in [6.07, 6.45) is 1.53. The van der Waals surface area contributed by atoms with Crippen LogP contribution in [0.1, 0.15) is 23.1 Å². The number of ether oxygens (including phenoxy) is 1. The van der Waals surface area contributed by atoms with Gasteiger partial charge in [0.05, 0.1) is 12.8 Å². The summed E-state index contributed by atoms with van der Waals surface area (Å²) < 4.78 is 19.7. The molecule has 5 heteroatoms. The van der Waals surface area contributed by atoms with E-state index in [0.29, 0.717) is 31.4 Å². The number of hydrogen-bond acceptors (Lipinski definition) is 3. The zero-order valence-corrected chi connectivity index (χ0v) is 13.7. The van der Waals surface area contributed by atoms with E-state index in [2.05, 4.69) is 10.6 Å². The predicted molar refractivity (Wildman–Crippen MR) is 91.8 cm³/mol. The van der Waals surface area contributed by atoms with Crippen LogP contribution in [0.25, 0.3) is 0 Å². The van der Waals surface area contributed by atoms with Crippen molar-refractivity contribution in [2.24, 2.45) is 0 Å². The highest BCUT2D eigenvalue weighted by atomic mass is 19.1. The average Bonchev–Trinajstić information content (AvgIpc) is 2.63. The van der Waals surface area contributed by atoms with Crippen LogP contribution in [0.4, 0.5) is 10.1 Å². The number of aryl methyl sites for hydroxylation is 1. The van der Waals surface area contributed by atoms with Crippen molar-refractivity contribution in [2.75, 3.05) is 19.0 Å². The van der Waals surface area contributed by atoms with Crippen molar-refractivity contribution >= 4 is 11.6 Å². The van der Waals surface area contributed by atoms with Crippen molar-refractivity contribution in [1.29, 1.82) is 0 Å². The monoisotopic (exact) mass is 328 g/mol. The summed E-state index contributed by atoms with van der Waals surface area (Å²) in [5, 5.41) is 5.91. The standard InChI is InChI=1S/C19H21FN2O2/c1-24-15-4-2-3-13(11-15)5-8-18(23)22-17-7-6-14-12-21-10-9-16(14)19(17)20/h2-4,6-7,11,21H,5,8-10,12H2,1H3,(H,22,23). The number of hydrogen-bond donors (Lipinski definition) is 2. The number of benzene rings is 2. The SMILES string of the molecule is COc1cccc(CCC(=O)Nc2ccc3c(c2F)CCNC3)c1. The van der Waals surface area contributed by atoms with Crippen LogP contribution in [0.2, 0.25) is 0 Å². The van der Waals surface area contributed by atoms with Crippen molar-refractivity contribution in [1.82, 2.24) is 5.32 Å². The number of rotatable bonds is 5. The molecule has 0 bridgehead atoms. The molecule has 1 aliphatic rings. The Hall–Kier alpha value is -2.40. The molecule has 126 valence electrons. The summed E-state index contributed by atoms with van der Waals surface area (Å²) in [6.45, 7) is 1.44. The fourth-order valence-corrected chi connectivity index (χ4v) is 2.93. The molecule has 1 heterocycles. The molecule has 0 saturated heterocycles. The zero-order valence-electron chi connectivity index (χ0n) is 13.7. The number of carbonyl (C=O) groups is 1. The Morgan fingerprint density at radius 2 is 2.21 bits per heavy atom. The first-order chi connectivity index (χ1) is 11.7. The van der Waals surface area contributed by atoms with Crippen LogP contribution in [-0.2, 0) is 24.2 Å². The first-order valence-electron chi connectivity index (χ1n) is 8.11. The molecule has 24 heavy (non-hydrogen) atoms. The van der Waals surface area contributed by atoms with Gasteiger partial charge in [0.1, 0.15) is 11.6 Å². The molecule has 2 aromatic carbocycles. The van der Waals surface area contributed by atoms with Crippen molar-refractivity contribution < 1.29 is 13.9 Å². The van der Waals surface area contributed by atoms with Gasteiger partial charge in [0.2, 0.25) is 5.91 Å². The first kappa shape index (κ1) is 16.5. The van der Waals surface area contributed by atoms with Gasteiger partial charge in [-0.15, -0.1) is 0 Å². The van der Waals surface area contributed by atoms with Gasteiger partial charge in [0.25, 0.3) is 0 Å². The number of anilines is 1. The fourth-order valence-electron chi connectivity index (χ4n) is 2.93. The summed E-state index contributed by atoms with van der Waals surface area (Å²) in [6, 6.07) is 11.1. The Morgan fingerprint density at radius 1 is 1.33 bits per heavy atom. The van der Waals surface area contributed by atoms with E-state index in [4.69, 9.17) is 4.74 Å². The van der Waals surface area contributed by atoms with Crippen LogP contribution in [0.5, 0.6) is 5.75 Å². The van der Waals surface area contributed by atoms with Crippen LogP contribution >= 0.6 is 0 Å². The highest BCUT2D eigenvalue weighted by Crippen LogP contribution is 2.24. The van der Waals surface area contributed by atoms with E-state index in [1.165, 1.54) is 0 Å². The van der Waals surface area contributed by atoms with E-state index in [1.807, 2.05) is 30.3 Å². The lowest BCUT2D eigenvalue weighted by Gasteiger charge is -2.19. The van der Waals surface area contributed by atoms with Crippen molar-refractivity contribution in [2.45, 2.75) is 25.8 Å². The topological polar surface area (TPSA) is 50.4 Å². The molecule has 1 amide bonds. The third-order valence-electron chi connectivity index (χ3n) is 4.26. The van der Waals surface area contributed by atoms with Gasteiger partial charge in [0, 0.05) is 13.0 Å². The lowest BCUT2D eigenvalue weighted by molar-refractivity contribution is -0.116. The predicted octanol–water partition coefficient (Wildman–Crippen LogP) is 3.05. The van der Waals surface area contributed by atoms with Crippen LogP contribution in [-0.4, -0.2) is 19.6 Å². The van der Waals surface area contributed by atoms with Gasteiger partial charge in [-0.25, -0.2) is 4.39 Å². The highest BCUT2D eigenvalue weighted by Gasteiger charge is 2.17. The zero-order chi connectivity index (χ0) is 16.9. The Balaban J connectivity index is 1.62. The third kappa shape index (κ3) is 3.74. The van der Waals surface area contributed by atoms with Crippen LogP contribution in [0.15, 0.2) is 36.4 Å². The normalized spacial score (nSPS) is 13.2. The summed E-state index contributed by atoms with van der Waals surface area (Å²) in [7, 11) is 1.61. The molecule has 0 unspecified atom stereocenters. The maximum Gasteiger partial charge on any atom is 0.224 e. The van der Waals surface area contributed by atoms with Gasteiger partial charge in [-0.3, -0.25) is 4.79 Å². The quantitative estimate of drug-likeness (QED) is 0.887. The van der Waals surface area contributed by atoms with E-state index >= 15 is 0 Å². The second kappa shape index (κ2) is 7.45. The van der Waals surface area contributed by atoms with Crippen LogP contribution in [0, 0.1) is 5.82 Å². The van der Waals surface area contributed by atoms with Gasteiger partial charge >= 0.3 is 0 Å². The number of fused-ring (bicyclic) bond motifs is 1. The third-order valence-corrected chi connectivity index (χ3v) is 4.26. The van der Waals surface area contributed by atoms with Crippen LogP contribution < -0.4 is 15.4 Å². The molecule has 0 aromatic heterocycles. The van der Waals surface area contributed by atoms with Crippen LogP contribution in [0.3, 0.4) is 0 Å². The maximum absolute atomic E-state index is 14.5. The summed E-state index contributed by atoms with van der Waals surface area (Å²) >= 11 is 0. The molecule has 2 N–H and O–H groups in total. The summed E-state index contributed by atoms with van der Waals surface area (Å²) in [4.78, 5) is 12.1. The highest BCUT2D eigenvalue weighted by molar-refractivity contribution is 5.91. The van der Waals surface area contributed by atoms with Gasteiger partial charge in [-0.2, -0.15) is 0 Å². The Morgan fingerprint density at radius 3 is 3.04 bits per heavy atom. The second-order valence-electron chi connectivity index (χ2n) is 5.89. The van der Waals surface area contributed by atoms with Gasteiger partial charge < -0.3 is 15.4 Å². The van der Waals surface area contributed by atoms with E-state index in [9.17, 15) is 9.18 Å². The smallest absolute Gasteiger partial charge is 0.224 e. The van der Waals surface area contributed by atoms with Gasteiger partial charge in [-0.1, -0.05) is 18.2 Å². The largest absolute Gasteiger partial charge is 0.497 e. The minimum absolute atomic E-state index is 0.189. The molecule has 0 radical (unpaired) electrons. The van der Waals surface area contributed by atoms with Crippen molar-refractivity contribution in [3.8, 4) is 5.75 Å². The molecule has 4 nitrogen and oxygen atoms in total. The fraction of sp³-hybridized carbons (Fsp3) is 0.316. The summed E-state index contributed by atoms with van der Waals surface area (Å²) in [5.41, 5.74) is 2.96. The van der Waals surface area contributed by atoms with Crippen molar-refractivity contribution in [3.05, 3.63) is 58.9 Å². The molecule has 0 fully saturated rings. The molecule has 3 rings (SSSR count). The molecule has 1 aliphatic heterocycles. The van der Waals surface area contributed by atoms with E-state index in [1.54, 1.807) is 13.2 Å². The van der Waals surface area contributed by atoms with E-state index in [0.717, 1.165) is 23.4 Å². The number of nitrogens with one attached hydrogen (secondary N) is 2. The molecule has 0 atom stereocenters. The lowest BCUT2D eigenvalue weighted by atomic mass is 9.99. The molecular formula is C19H21FN2O2. The second-order valence-corrected chi connectivity index (χ2v) is 5.89.